The van der Waals surface area contributed by atoms with E-state index in [2.05, 4.69) is 22.2 Å². The molecule has 0 atom stereocenters. The van der Waals surface area contributed by atoms with Gasteiger partial charge in [0.15, 0.2) is 0 Å². The van der Waals surface area contributed by atoms with Crippen LogP contribution in [0, 0.1) is 0 Å². The lowest BCUT2D eigenvalue weighted by Gasteiger charge is -2.09. The molecule has 2 N–H and O–H groups in total. The fourth-order valence-electron chi connectivity index (χ4n) is 2.06. The van der Waals surface area contributed by atoms with Gasteiger partial charge in [0.25, 0.3) is 0 Å². The van der Waals surface area contributed by atoms with Crippen molar-refractivity contribution in [1.82, 2.24) is 14.8 Å². The van der Waals surface area contributed by atoms with E-state index in [0.717, 1.165) is 16.6 Å². The van der Waals surface area contributed by atoms with Crippen molar-refractivity contribution in [2.24, 2.45) is 5.73 Å². The Labute approximate surface area is 98.7 Å². The van der Waals surface area contributed by atoms with Gasteiger partial charge in [-0.3, -0.25) is 0 Å². The second kappa shape index (κ2) is 3.99. The van der Waals surface area contributed by atoms with Crippen LogP contribution >= 0.6 is 0 Å². The Kier molecular flexibility index (Phi) is 2.34. The predicted molar refractivity (Wildman–Crippen MR) is 66.8 cm³/mol. The molecule has 3 aromatic rings. The highest BCUT2D eigenvalue weighted by molar-refractivity contribution is 5.92. The third kappa shape index (κ3) is 1.59. The van der Waals surface area contributed by atoms with E-state index in [1.807, 2.05) is 24.3 Å². The molecular formula is C13H12N4. The number of rotatable bonds is 2. The molecule has 0 unspecified atom stereocenters. The first-order chi connectivity index (χ1) is 8.40. The summed E-state index contributed by atoms with van der Waals surface area (Å²) in [6, 6.07) is 12.3. The Morgan fingerprint density at radius 2 is 1.88 bits per heavy atom. The third-order valence-electron chi connectivity index (χ3n) is 2.88. The van der Waals surface area contributed by atoms with E-state index in [1.165, 1.54) is 11.7 Å². The van der Waals surface area contributed by atoms with Crippen LogP contribution in [0.15, 0.2) is 49.1 Å². The number of fused-ring (bicyclic) bond motifs is 1. The quantitative estimate of drug-likeness (QED) is 0.723. The molecule has 2 aromatic carbocycles. The number of hydrogen-bond donors (Lipinski definition) is 1. The molecule has 4 nitrogen and oxygen atoms in total. The highest BCUT2D eigenvalue weighted by Gasteiger charge is 2.06. The standard InChI is InChI=1S/C13H12N4/c14-7-10-5-6-13(17-9-15-8-16-17)12-4-2-1-3-11(10)12/h1-6,8-9H,7,14H2. The van der Waals surface area contributed by atoms with Crippen LogP contribution in [0.4, 0.5) is 0 Å². The molecular weight excluding hydrogens is 212 g/mol. The van der Waals surface area contributed by atoms with E-state index >= 15 is 0 Å². The lowest BCUT2D eigenvalue weighted by Crippen LogP contribution is -2.01. The largest absolute Gasteiger partial charge is 0.326 e. The molecule has 0 amide bonds. The minimum atomic E-state index is 0.540. The summed E-state index contributed by atoms with van der Waals surface area (Å²) in [4.78, 5) is 3.98. The molecule has 0 aliphatic heterocycles. The molecule has 0 bridgehead atoms. The average molecular weight is 224 g/mol. The van der Waals surface area contributed by atoms with E-state index in [-0.39, 0.29) is 0 Å². The molecule has 1 heterocycles. The first-order valence-corrected chi connectivity index (χ1v) is 5.46. The summed E-state index contributed by atoms with van der Waals surface area (Å²) < 4.78 is 1.77. The van der Waals surface area contributed by atoms with Gasteiger partial charge in [0.05, 0.1) is 5.69 Å². The van der Waals surface area contributed by atoms with Gasteiger partial charge in [-0.2, -0.15) is 5.10 Å². The van der Waals surface area contributed by atoms with Crippen LogP contribution in [0.25, 0.3) is 16.5 Å². The number of aromatic nitrogens is 3. The number of nitrogens with two attached hydrogens (primary N) is 1. The SMILES string of the molecule is NCc1ccc(-n2cncn2)c2ccccc12. The maximum atomic E-state index is 5.75. The van der Waals surface area contributed by atoms with Gasteiger partial charge in [0.1, 0.15) is 12.7 Å². The van der Waals surface area contributed by atoms with Crippen molar-refractivity contribution < 1.29 is 0 Å². The molecule has 1 aromatic heterocycles. The van der Waals surface area contributed by atoms with Gasteiger partial charge in [-0.05, 0) is 17.0 Å². The molecule has 0 aliphatic carbocycles. The molecule has 0 fully saturated rings. The van der Waals surface area contributed by atoms with Gasteiger partial charge >= 0.3 is 0 Å². The van der Waals surface area contributed by atoms with Crippen LogP contribution in [0.1, 0.15) is 5.56 Å². The first-order valence-electron chi connectivity index (χ1n) is 5.46. The Hall–Kier alpha value is -2.20. The van der Waals surface area contributed by atoms with Gasteiger partial charge < -0.3 is 5.73 Å². The Morgan fingerprint density at radius 1 is 1.06 bits per heavy atom. The second-order valence-corrected chi connectivity index (χ2v) is 3.83. The first kappa shape index (κ1) is 9.99. The second-order valence-electron chi connectivity index (χ2n) is 3.83. The molecule has 0 aliphatic rings. The number of benzene rings is 2. The molecule has 84 valence electrons. The lowest BCUT2D eigenvalue weighted by atomic mass is 10.0. The minimum absolute atomic E-state index is 0.540. The Morgan fingerprint density at radius 3 is 2.59 bits per heavy atom. The van der Waals surface area contributed by atoms with E-state index in [1.54, 1.807) is 11.0 Å². The van der Waals surface area contributed by atoms with Crippen LogP contribution in [0.3, 0.4) is 0 Å². The third-order valence-corrected chi connectivity index (χ3v) is 2.88. The van der Waals surface area contributed by atoms with Crippen LogP contribution in [0.5, 0.6) is 0 Å². The summed E-state index contributed by atoms with van der Waals surface area (Å²) in [5.41, 5.74) is 7.92. The topological polar surface area (TPSA) is 56.7 Å². The molecule has 17 heavy (non-hydrogen) atoms. The zero-order valence-corrected chi connectivity index (χ0v) is 9.24. The molecule has 0 radical (unpaired) electrons. The van der Waals surface area contributed by atoms with E-state index in [0.29, 0.717) is 6.54 Å². The lowest BCUT2D eigenvalue weighted by molar-refractivity contribution is 0.885. The highest BCUT2D eigenvalue weighted by atomic mass is 15.3. The van der Waals surface area contributed by atoms with Crippen LogP contribution in [-0.4, -0.2) is 14.8 Å². The van der Waals surface area contributed by atoms with Gasteiger partial charge in [-0.15, -0.1) is 0 Å². The summed E-state index contributed by atoms with van der Waals surface area (Å²) in [5.74, 6) is 0. The minimum Gasteiger partial charge on any atom is -0.326 e. The van der Waals surface area contributed by atoms with Crippen molar-refractivity contribution in [2.75, 3.05) is 0 Å². The Balaban J connectivity index is 2.34. The predicted octanol–water partition coefficient (Wildman–Crippen LogP) is 1.88. The fourth-order valence-corrected chi connectivity index (χ4v) is 2.06. The smallest absolute Gasteiger partial charge is 0.138 e. The number of hydrogen-bond acceptors (Lipinski definition) is 3. The Bertz CT molecular complexity index is 644. The normalized spacial score (nSPS) is 10.9. The van der Waals surface area contributed by atoms with Crippen molar-refractivity contribution in [3.05, 3.63) is 54.6 Å². The molecule has 0 spiro atoms. The summed E-state index contributed by atoms with van der Waals surface area (Å²) in [5, 5.41) is 6.48. The summed E-state index contributed by atoms with van der Waals surface area (Å²) in [7, 11) is 0. The van der Waals surface area contributed by atoms with Crippen molar-refractivity contribution in [3.8, 4) is 5.69 Å². The molecule has 4 heteroatoms. The van der Waals surface area contributed by atoms with Gasteiger partial charge in [0.2, 0.25) is 0 Å². The highest BCUT2D eigenvalue weighted by Crippen LogP contribution is 2.24. The van der Waals surface area contributed by atoms with Crippen LogP contribution in [0.2, 0.25) is 0 Å². The zero-order valence-electron chi connectivity index (χ0n) is 9.24. The summed E-state index contributed by atoms with van der Waals surface area (Å²) >= 11 is 0. The molecule has 3 rings (SSSR count). The van der Waals surface area contributed by atoms with Crippen LogP contribution < -0.4 is 5.73 Å². The van der Waals surface area contributed by atoms with E-state index in [4.69, 9.17) is 5.73 Å². The average Bonchev–Trinajstić information content (AvgIpc) is 2.91. The summed E-state index contributed by atoms with van der Waals surface area (Å²) in [6.45, 7) is 0.540. The molecule has 0 saturated carbocycles. The van der Waals surface area contributed by atoms with E-state index < -0.39 is 0 Å². The van der Waals surface area contributed by atoms with Gasteiger partial charge in [0, 0.05) is 11.9 Å². The molecule has 0 saturated heterocycles. The monoisotopic (exact) mass is 224 g/mol. The van der Waals surface area contributed by atoms with Gasteiger partial charge in [-0.25, -0.2) is 9.67 Å². The number of nitrogens with zero attached hydrogens (tertiary/aromatic N) is 3. The summed E-state index contributed by atoms with van der Waals surface area (Å²) in [6.07, 6.45) is 3.23. The fraction of sp³-hybridized carbons (Fsp3) is 0.0769. The van der Waals surface area contributed by atoms with Gasteiger partial charge in [-0.1, -0.05) is 30.3 Å². The van der Waals surface area contributed by atoms with Crippen molar-refractivity contribution >= 4 is 10.8 Å². The van der Waals surface area contributed by atoms with E-state index in [9.17, 15) is 0 Å². The van der Waals surface area contributed by atoms with Crippen molar-refractivity contribution in [3.63, 3.8) is 0 Å². The maximum absolute atomic E-state index is 5.75. The van der Waals surface area contributed by atoms with Crippen molar-refractivity contribution in [2.45, 2.75) is 6.54 Å². The van der Waals surface area contributed by atoms with Crippen LogP contribution in [-0.2, 0) is 6.54 Å². The maximum Gasteiger partial charge on any atom is 0.138 e. The van der Waals surface area contributed by atoms with Crippen molar-refractivity contribution in [1.29, 1.82) is 0 Å². The zero-order chi connectivity index (χ0) is 11.7.